The first-order valence-corrected chi connectivity index (χ1v) is 8.03. The maximum absolute atomic E-state index is 12.1. The van der Waals surface area contributed by atoms with Crippen molar-refractivity contribution in [1.29, 1.82) is 0 Å². The number of rotatable bonds is 3. The Hall–Kier alpha value is -3.21. The highest BCUT2D eigenvalue weighted by atomic mass is 16.2. The second-order valence-corrected chi connectivity index (χ2v) is 5.98. The van der Waals surface area contributed by atoms with E-state index in [1.54, 1.807) is 24.4 Å². The number of carbonyl (C=O) groups is 2. The highest BCUT2D eigenvalue weighted by molar-refractivity contribution is 6.39. The largest absolute Gasteiger partial charge is 0.344 e. The molecule has 0 aliphatic rings. The van der Waals surface area contributed by atoms with Crippen LogP contribution in [-0.4, -0.2) is 16.8 Å². The van der Waals surface area contributed by atoms with Crippen molar-refractivity contribution >= 4 is 28.4 Å². The minimum atomic E-state index is -0.687. The van der Waals surface area contributed by atoms with Crippen LogP contribution in [0.3, 0.4) is 0 Å². The Balaban J connectivity index is 1.62. The second kappa shape index (κ2) is 7.13. The van der Waals surface area contributed by atoms with Crippen LogP contribution >= 0.6 is 0 Å². The predicted molar refractivity (Wildman–Crippen MR) is 98.1 cm³/mol. The summed E-state index contributed by atoms with van der Waals surface area (Å²) >= 11 is 0. The summed E-state index contributed by atoms with van der Waals surface area (Å²) in [6, 6.07) is 15.0. The van der Waals surface area contributed by atoms with E-state index in [2.05, 4.69) is 15.6 Å². The van der Waals surface area contributed by atoms with Crippen LogP contribution in [0.2, 0.25) is 0 Å². The molecule has 0 unspecified atom stereocenters. The summed E-state index contributed by atoms with van der Waals surface area (Å²) in [5.74, 6) is -1.35. The molecule has 0 aliphatic heterocycles. The van der Waals surface area contributed by atoms with Crippen LogP contribution in [-0.2, 0) is 16.1 Å². The monoisotopic (exact) mass is 333 g/mol. The first-order chi connectivity index (χ1) is 12.0. The van der Waals surface area contributed by atoms with E-state index in [9.17, 15) is 9.59 Å². The molecule has 0 spiro atoms. The molecule has 126 valence electrons. The topological polar surface area (TPSA) is 71.1 Å². The standard InChI is InChI=1S/C20H19N3O2/c1-13-5-6-16(14(2)10-13)12-22-19(24)20(25)23-17-7-8-18-15(11-17)4-3-9-21-18/h3-11H,12H2,1-2H3,(H,22,24)(H,23,25). The SMILES string of the molecule is Cc1ccc(CNC(=O)C(=O)Nc2ccc3ncccc3c2)c(C)c1. The Morgan fingerprint density at radius 2 is 1.84 bits per heavy atom. The van der Waals surface area contributed by atoms with E-state index < -0.39 is 11.8 Å². The minimum absolute atomic E-state index is 0.319. The highest BCUT2D eigenvalue weighted by Gasteiger charge is 2.14. The van der Waals surface area contributed by atoms with E-state index in [-0.39, 0.29) is 0 Å². The van der Waals surface area contributed by atoms with Gasteiger partial charge in [0, 0.05) is 23.8 Å². The molecular weight excluding hydrogens is 314 g/mol. The molecule has 0 fully saturated rings. The number of aromatic nitrogens is 1. The summed E-state index contributed by atoms with van der Waals surface area (Å²) in [7, 11) is 0. The van der Waals surface area contributed by atoms with Crippen LogP contribution in [0.1, 0.15) is 16.7 Å². The summed E-state index contributed by atoms with van der Waals surface area (Å²) in [4.78, 5) is 28.3. The van der Waals surface area contributed by atoms with Crippen molar-refractivity contribution < 1.29 is 9.59 Å². The molecule has 1 heterocycles. The number of hydrogen-bond donors (Lipinski definition) is 2. The van der Waals surface area contributed by atoms with E-state index in [0.717, 1.165) is 27.6 Å². The smallest absolute Gasteiger partial charge is 0.313 e. The average Bonchev–Trinajstić information content (AvgIpc) is 2.60. The Labute approximate surface area is 146 Å². The molecule has 5 nitrogen and oxygen atoms in total. The fourth-order valence-corrected chi connectivity index (χ4v) is 2.64. The lowest BCUT2D eigenvalue weighted by molar-refractivity contribution is -0.136. The number of nitrogens with zero attached hydrogens (tertiary/aromatic N) is 1. The van der Waals surface area contributed by atoms with Crippen LogP contribution in [0.5, 0.6) is 0 Å². The predicted octanol–water partition coefficient (Wildman–Crippen LogP) is 3.11. The molecule has 2 amide bonds. The van der Waals surface area contributed by atoms with Crippen molar-refractivity contribution in [2.75, 3.05) is 5.32 Å². The third-order valence-corrected chi connectivity index (χ3v) is 4.00. The number of aryl methyl sites for hydroxylation is 2. The van der Waals surface area contributed by atoms with Gasteiger partial charge in [0.05, 0.1) is 5.52 Å². The summed E-state index contributed by atoms with van der Waals surface area (Å²) in [5, 5.41) is 6.17. The summed E-state index contributed by atoms with van der Waals surface area (Å²) in [6.45, 7) is 4.32. The number of carbonyl (C=O) groups excluding carboxylic acids is 2. The summed E-state index contributed by atoms with van der Waals surface area (Å²) < 4.78 is 0. The molecular formula is C20H19N3O2. The molecule has 0 saturated heterocycles. The van der Waals surface area contributed by atoms with E-state index in [1.165, 1.54) is 0 Å². The maximum atomic E-state index is 12.1. The molecule has 25 heavy (non-hydrogen) atoms. The summed E-state index contributed by atoms with van der Waals surface area (Å²) in [5.41, 5.74) is 4.63. The van der Waals surface area contributed by atoms with Gasteiger partial charge in [-0.25, -0.2) is 0 Å². The normalized spacial score (nSPS) is 10.5. The first-order valence-electron chi connectivity index (χ1n) is 8.03. The Kier molecular flexibility index (Phi) is 4.75. The zero-order valence-corrected chi connectivity index (χ0v) is 14.2. The Morgan fingerprint density at radius 3 is 2.64 bits per heavy atom. The van der Waals surface area contributed by atoms with Gasteiger partial charge in [0.2, 0.25) is 0 Å². The molecule has 3 aromatic rings. The van der Waals surface area contributed by atoms with Crippen molar-refractivity contribution in [2.24, 2.45) is 0 Å². The van der Waals surface area contributed by atoms with Gasteiger partial charge in [0.1, 0.15) is 0 Å². The van der Waals surface area contributed by atoms with E-state index in [0.29, 0.717) is 12.2 Å². The van der Waals surface area contributed by atoms with Crippen LogP contribution < -0.4 is 10.6 Å². The fourth-order valence-electron chi connectivity index (χ4n) is 2.64. The molecule has 3 rings (SSSR count). The molecule has 0 bridgehead atoms. The van der Waals surface area contributed by atoms with Gasteiger partial charge in [0.15, 0.2) is 0 Å². The van der Waals surface area contributed by atoms with Gasteiger partial charge >= 0.3 is 11.8 Å². The van der Waals surface area contributed by atoms with Gasteiger partial charge in [-0.3, -0.25) is 14.6 Å². The number of benzene rings is 2. The van der Waals surface area contributed by atoms with Crippen molar-refractivity contribution in [2.45, 2.75) is 20.4 Å². The van der Waals surface area contributed by atoms with Crippen molar-refractivity contribution in [3.8, 4) is 0 Å². The number of anilines is 1. The fraction of sp³-hybridized carbons (Fsp3) is 0.150. The average molecular weight is 333 g/mol. The number of nitrogens with one attached hydrogen (secondary N) is 2. The second-order valence-electron chi connectivity index (χ2n) is 5.98. The molecule has 0 saturated carbocycles. The van der Waals surface area contributed by atoms with Gasteiger partial charge in [-0.1, -0.05) is 29.8 Å². The number of amides is 2. The van der Waals surface area contributed by atoms with Crippen molar-refractivity contribution in [3.05, 3.63) is 71.4 Å². The zero-order chi connectivity index (χ0) is 17.8. The maximum Gasteiger partial charge on any atom is 0.313 e. The quantitative estimate of drug-likeness (QED) is 0.724. The van der Waals surface area contributed by atoms with Crippen molar-refractivity contribution in [3.63, 3.8) is 0 Å². The first kappa shape index (κ1) is 16.6. The lowest BCUT2D eigenvalue weighted by Gasteiger charge is -2.09. The highest BCUT2D eigenvalue weighted by Crippen LogP contribution is 2.17. The Morgan fingerprint density at radius 1 is 1.00 bits per heavy atom. The number of fused-ring (bicyclic) bond motifs is 1. The van der Waals surface area contributed by atoms with E-state index in [4.69, 9.17) is 0 Å². The lowest BCUT2D eigenvalue weighted by atomic mass is 10.1. The molecule has 0 atom stereocenters. The molecule has 0 radical (unpaired) electrons. The van der Waals surface area contributed by atoms with Gasteiger partial charge in [-0.2, -0.15) is 0 Å². The zero-order valence-electron chi connectivity index (χ0n) is 14.2. The van der Waals surface area contributed by atoms with Gasteiger partial charge in [0.25, 0.3) is 0 Å². The summed E-state index contributed by atoms with van der Waals surface area (Å²) in [6.07, 6.45) is 1.71. The van der Waals surface area contributed by atoms with E-state index in [1.807, 2.05) is 44.2 Å². The van der Waals surface area contributed by atoms with Gasteiger partial charge in [-0.15, -0.1) is 0 Å². The van der Waals surface area contributed by atoms with Crippen LogP contribution in [0.4, 0.5) is 5.69 Å². The van der Waals surface area contributed by atoms with Gasteiger partial charge in [-0.05, 0) is 49.2 Å². The molecule has 2 N–H and O–H groups in total. The third-order valence-electron chi connectivity index (χ3n) is 4.00. The Bertz CT molecular complexity index is 951. The van der Waals surface area contributed by atoms with Gasteiger partial charge < -0.3 is 10.6 Å². The third kappa shape index (κ3) is 4.01. The molecule has 2 aromatic carbocycles. The molecule has 5 heteroatoms. The number of hydrogen-bond acceptors (Lipinski definition) is 3. The lowest BCUT2D eigenvalue weighted by Crippen LogP contribution is -2.35. The minimum Gasteiger partial charge on any atom is -0.344 e. The van der Waals surface area contributed by atoms with Crippen LogP contribution in [0.25, 0.3) is 10.9 Å². The van der Waals surface area contributed by atoms with Crippen LogP contribution in [0.15, 0.2) is 54.7 Å². The molecule has 0 aliphatic carbocycles. The van der Waals surface area contributed by atoms with Crippen molar-refractivity contribution in [1.82, 2.24) is 10.3 Å². The molecule has 1 aromatic heterocycles. The number of pyridine rings is 1. The van der Waals surface area contributed by atoms with E-state index >= 15 is 0 Å². The van der Waals surface area contributed by atoms with Crippen LogP contribution in [0, 0.1) is 13.8 Å².